The number of aromatic nitrogens is 1. The summed E-state index contributed by atoms with van der Waals surface area (Å²) in [6, 6.07) is 1.23. The van der Waals surface area contributed by atoms with E-state index in [0.717, 1.165) is 19.5 Å². The molecule has 1 N–H and O–H groups in total. The molecule has 1 atom stereocenters. The Morgan fingerprint density at radius 3 is 2.84 bits per heavy atom. The zero-order valence-electron chi connectivity index (χ0n) is 11.2. The van der Waals surface area contributed by atoms with Gasteiger partial charge in [-0.05, 0) is 25.9 Å². The van der Waals surface area contributed by atoms with Crippen LogP contribution in [0.2, 0.25) is 0 Å². The van der Waals surface area contributed by atoms with Crippen LogP contribution in [-0.2, 0) is 10.0 Å². The lowest BCUT2D eigenvalue weighted by molar-refractivity contribution is 0.356. The van der Waals surface area contributed by atoms with Crippen molar-refractivity contribution < 1.29 is 8.42 Å². The van der Waals surface area contributed by atoms with Crippen molar-refractivity contribution >= 4 is 10.0 Å². The molecule has 6 nitrogen and oxygen atoms in total. The van der Waals surface area contributed by atoms with Gasteiger partial charge in [0.25, 0.3) is 0 Å². The van der Waals surface area contributed by atoms with E-state index < -0.39 is 15.5 Å². The number of sulfonamides is 1. The van der Waals surface area contributed by atoms with Gasteiger partial charge in [-0.15, -0.1) is 0 Å². The summed E-state index contributed by atoms with van der Waals surface area (Å²) in [5.74, 6) is 0.326. The molecule has 1 aliphatic rings. The summed E-state index contributed by atoms with van der Waals surface area (Å²) in [4.78, 5) is 16.3. The quantitative estimate of drug-likeness (QED) is 0.841. The fourth-order valence-electron chi connectivity index (χ4n) is 2.41. The van der Waals surface area contributed by atoms with E-state index in [-0.39, 0.29) is 4.90 Å². The van der Waals surface area contributed by atoms with Crippen LogP contribution >= 0.6 is 0 Å². The van der Waals surface area contributed by atoms with Crippen LogP contribution in [0.15, 0.2) is 28.2 Å². The topological polar surface area (TPSA) is 73.5 Å². The third-order valence-electron chi connectivity index (χ3n) is 3.48. The van der Waals surface area contributed by atoms with E-state index in [2.05, 4.69) is 9.88 Å². The highest BCUT2D eigenvalue weighted by molar-refractivity contribution is 7.89. The minimum absolute atomic E-state index is 0.191. The van der Waals surface area contributed by atoms with Gasteiger partial charge in [0.2, 0.25) is 15.5 Å². The van der Waals surface area contributed by atoms with Crippen molar-refractivity contribution in [2.24, 2.45) is 5.92 Å². The van der Waals surface area contributed by atoms with Crippen molar-refractivity contribution in [3.8, 4) is 0 Å². The summed E-state index contributed by atoms with van der Waals surface area (Å²) < 4.78 is 25.9. The highest BCUT2D eigenvalue weighted by atomic mass is 32.2. The van der Waals surface area contributed by atoms with Gasteiger partial charge >= 0.3 is 0 Å². The molecule has 0 aromatic carbocycles. The van der Waals surface area contributed by atoms with E-state index in [9.17, 15) is 13.2 Å². The number of likely N-dealkylation sites (tertiary alicyclic amines) is 1. The summed E-state index contributed by atoms with van der Waals surface area (Å²) >= 11 is 0. The van der Waals surface area contributed by atoms with E-state index in [1.54, 1.807) is 0 Å². The first-order chi connectivity index (χ1) is 8.91. The molecule has 0 saturated carbocycles. The predicted molar refractivity (Wildman–Crippen MR) is 72.5 cm³/mol. The predicted octanol–water partition coefficient (Wildman–Crippen LogP) is -0.0529. The highest BCUT2D eigenvalue weighted by Gasteiger charge is 2.28. The Labute approximate surface area is 113 Å². The number of H-pyrrole nitrogens is 1. The van der Waals surface area contributed by atoms with E-state index in [0.29, 0.717) is 12.5 Å². The Morgan fingerprint density at radius 1 is 1.53 bits per heavy atom. The molecular formula is C12H19N3O3S. The normalized spacial score (nSPS) is 21.1. The van der Waals surface area contributed by atoms with Crippen LogP contribution in [0.3, 0.4) is 0 Å². The van der Waals surface area contributed by atoms with Gasteiger partial charge in [0.15, 0.2) is 0 Å². The summed E-state index contributed by atoms with van der Waals surface area (Å²) in [6.45, 7) is 2.33. The second-order valence-corrected chi connectivity index (χ2v) is 7.09. The van der Waals surface area contributed by atoms with Crippen molar-refractivity contribution in [3.05, 3.63) is 28.7 Å². The molecule has 1 saturated heterocycles. The average molecular weight is 285 g/mol. The maximum atomic E-state index is 12.3. The molecule has 2 heterocycles. The minimum Gasteiger partial charge on any atom is -0.366 e. The first-order valence-electron chi connectivity index (χ1n) is 6.23. The van der Waals surface area contributed by atoms with Crippen molar-refractivity contribution in [1.82, 2.24) is 14.2 Å². The Kier molecular flexibility index (Phi) is 4.07. The van der Waals surface area contributed by atoms with Gasteiger partial charge in [-0.25, -0.2) is 12.7 Å². The molecule has 7 heteroatoms. The summed E-state index contributed by atoms with van der Waals surface area (Å²) in [5.41, 5.74) is -0.478. The number of nitrogens with one attached hydrogen (secondary N) is 1. The van der Waals surface area contributed by atoms with Gasteiger partial charge in [0, 0.05) is 38.6 Å². The highest BCUT2D eigenvalue weighted by Crippen LogP contribution is 2.18. The number of hydrogen-bond acceptors (Lipinski definition) is 4. The Hall–Kier alpha value is -1.18. The molecule has 1 aliphatic heterocycles. The third kappa shape index (κ3) is 3.05. The average Bonchev–Trinajstić information content (AvgIpc) is 2.75. The summed E-state index contributed by atoms with van der Waals surface area (Å²) in [7, 11) is -0.151. The van der Waals surface area contributed by atoms with Gasteiger partial charge in [-0.2, -0.15) is 0 Å². The lowest BCUT2D eigenvalue weighted by Gasteiger charge is -2.20. The fraction of sp³-hybridized carbons (Fsp3) is 0.583. The molecule has 1 unspecified atom stereocenters. The molecule has 1 aromatic rings. The van der Waals surface area contributed by atoms with Crippen molar-refractivity contribution in [2.75, 3.05) is 33.7 Å². The third-order valence-corrected chi connectivity index (χ3v) is 5.33. The van der Waals surface area contributed by atoms with Crippen molar-refractivity contribution in [2.45, 2.75) is 11.3 Å². The zero-order chi connectivity index (χ0) is 14.0. The fourth-order valence-corrected chi connectivity index (χ4v) is 3.69. The molecule has 0 spiro atoms. The number of nitrogens with zero attached hydrogens (tertiary/aromatic N) is 2. The van der Waals surface area contributed by atoms with Crippen molar-refractivity contribution in [1.29, 1.82) is 0 Å². The number of aromatic amines is 1. The van der Waals surface area contributed by atoms with E-state index >= 15 is 0 Å². The molecule has 0 amide bonds. The van der Waals surface area contributed by atoms with Gasteiger partial charge < -0.3 is 9.88 Å². The maximum Gasteiger partial charge on any atom is 0.248 e. The molecule has 0 bridgehead atoms. The van der Waals surface area contributed by atoms with Crippen LogP contribution in [-0.4, -0.2) is 56.3 Å². The largest absolute Gasteiger partial charge is 0.366 e. The number of rotatable bonds is 4. The number of hydrogen-bond donors (Lipinski definition) is 1. The van der Waals surface area contributed by atoms with E-state index in [1.165, 1.54) is 29.8 Å². The Balaban J connectivity index is 2.16. The first kappa shape index (κ1) is 14.2. The van der Waals surface area contributed by atoms with Crippen LogP contribution in [0.25, 0.3) is 0 Å². The van der Waals surface area contributed by atoms with Crippen LogP contribution in [0.4, 0.5) is 0 Å². The van der Waals surface area contributed by atoms with Crippen molar-refractivity contribution in [3.63, 3.8) is 0 Å². The van der Waals surface area contributed by atoms with Gasteiger partial charge in [0.05, 0.1) is 0 Å². The SMILES string of the molecule is CN1CCC(CN(C)S(=O)(=O)c2c[nH]ccc2=O)C1. The smallest absolute Gasteiger partial charge is 0.248 e. The summed E-state index contributed by atoms with van der Waals surface area (Å²) in [5, 5.41) is 0. The molecule has 19 heavy (non-hydrogen) atoms. The Bertz CT molecular complexity index is 596. The van der Waals surface area contributed by atoms with Crippen LogP contribution in [0.5, 0.6) is 0 Å². The van der Waals surface area contributed by atoms with Gasteiger partial charge in [-0.3, -0.25) is 4.79 Å². The molecular weight excluding hydrogens is 266 g/mol. The number of pyridine rings is 1. The Morgan fingerprint density at radius 2 is 2.26 bits per heavy atom. The van der Waals surface area contributed by atoms with E-state index in [4.69, 9.17) is 0 Å². The monoisotopic (exact) mass is 285 g/mol. The molecule has 0 aliphatic carbocycles. The maximum absolute atomic E-state index is 12.3. The second kappa shape index (κ2) is 5.44. The zero-order valence-corrected chi connectivity index (χ0v) is 12.0. The van der Waals surface area contributed by atoms with Crippen LogP contribution in [0, 0.1) is 5.92 Å². The lowest BCUT2D eigenvalue weighted by Crippen LogP contribution is -2.35. The van der Waals surface area contributed by atoms with Crippen LogP contribution in [0.1, 0.15) is 6.42 Å². The second-order valence-electron chi connectivity index (χ2n) is 5.08. The molecule has 106 valence electrons. The minimum atomic E-state index is -3.70. The standard InChI is InChI=1S/C12H19N3O3S/c1-14-6-4-10(8-14)9-15(2)19(17,18)12-7-13-5-3-11(12)16/h3,5,7,10H,4,6,8-9H2,1-2H3,(H,13,16). The molecule has 1 fully saturated rings. The molecule has 2 rings (SSSR count). The van der Waals surface area contributed by atoms with Gasteiger partial charge in [0.1, 0.15) is 4.90 Å². The lowest BCUT2D eigenvalue weighted by atomic mass is 10.1. The van der Waals surface area contributed by atoms with E-state index in [1.807, 2.05) is 7.05 Å². The molecule has 1 aromatic heterocycles. The summed E-state index contributed by atoms with van der Waals surface area (Å²) in [6.07, 6.45) is 3.66. The molecule has 0 radical (unpaired) electrons. The first-order valence-corrected chi connectivity index (χ1v) is 7.67. The van der Waals surface area contributed by atoms with Gasteiger partial charge in [-0.1, -0.05) is 0 Å². The van der Waals surface area contributed by atoms with Crippen LogP contribution < -0.4 is 5.43 Å².